The van der Waals surface area contributed by atoms with Gasteiger partial charge in [-0.25, -0.2) is 9.37 Å². The highest BCUT2D eigenvalue weighted by Crippen LogP contribution is 2.17. The van der Waals surface area contributed by atoms with Crippen LogP contribution >= 0.6 is 0 Å². The molecule has 3 rings (SSSR count). The topological polar surface area (TPSA) is 91.0 Å². The summed E-state index contributed by atoms with van der Waals surface area (Å²) < 4.78 is 13.0. The maximum Gasteiger partial charge on any atom is 0.237 e. The van der Waals surface area contributed by atoms with Crippen molar-refractivity contribution in [3.8, 4) is 11.8 Å². The van der Waals surface area contributed by atoms with Crippen LogP contribution in [0.25, 0.3) is 0 Å². The largest absolute Gasteiger partial charge is 0.372 e. The predicted molar refractivity (Wildman–Crippen MR) is 107 cm³/mol. The lowest BCUT2D eigenvalue weighted by Gasteiger charge is -2.26. The van der Waals surface area contributed by atoms with E-state index in [1.54, 1.807) is 25.4 Å². The van der Waals surface area contributed by atoms with Crippen LogP contribution in [0.2, 0.25) is 0 Å². The Labute approximate surface area is 163 Å². The van der Waals surface area contributed by atoms with E-state index in [0.29, 0.717) is 36.0 Å². The fourth-order valence-electron chi connectivity index (χ4n) is 2.57. The summed E-state index contributed by atoms with van der Waals surface area (Å²) in [6.45, 7) is 1.53. The van der Waals surface area contributed by atoms with Crippen molar-refractivity contribution in [1.82, 2.24) is 20.6 Å². The normalized spacial score (nSPS) is 15.0. The highest BCUT2D eigenvalue weighted by molar-refractivity contribution is 5.82. The Kier molecular flexibility index (Phi) is 6.76. The van der Waals surface area contributed by atoms with Crippen LogP contribution < -0.4 is 21.3 Å². The van der Waals surface area contributed by atoms with E-state index in [-0.39, 0.29) is 17.8 Å². The zero-order valence-electron chi connectivity index (χ0n) is 15.7. The van der Waals surface area contributed by atoms with Crippen LogP contribution in [0, 0.1) is 17.7 Å². The summed E-state index contributed by atoms with van der Waals surface area (Å²) in [6, 6.07) is 5.94. The van der Waals surface area contributed by atoms with Crippen molar-refractivity contribution in [2.24, 2.45) is 0 Å². The minimum absolute atomic E-state index is 0.0246. The molecule has 2 heterocycles. The molecule has 0 aliphatic carbocycles. The molecule has 1 aromatic carbocycles. The molecule has 2 aromatic rings. The van der Waals surface area contributed by atoms with Gasteiger partial charge in [0.2, 0.25) is 11.9 Å². The standard InChI is InChI=1S/C20H23FN6O/c1-22-18-14(5-3-2-4-11-24-19(28)17-10-12-23-17)13-25-20(27-18)26-16-8-6-15(21)7-9-16/h6-9,13,17,23H,2,4,10-12H2,1H3,(H,24,28)(H2,22,25,26,27). The first-order valence-electron chi connectivity index (χ1n) is 9.23. The van der Waals surface area contributed by atoms with Crippen molar-refractivity contribution in [3.05, 3.63) is 41.8 Å². The number of aromatic nitrogens is 2. The summed E-state index contributed by atoms with van der Waals surface area (Å²) in [5.74, 6) is 6.91. The molecule has 1 saturated heterocycles. The minimum atomic E-state index is -0.299. The van der Waals surface area contributed by atoms with Crippen LogP contribution in [-0.2, 0) is 4.79 Å². The molecule has 1 aromatic heterocycles. The Morgan fingerprint density at radius 1 is 1.36 bits per heavy atom. The molecule has 8 heteroatoms. The SMILES string of the molecule is CNc1nc(Nc2ccc(F)cc2)ncc1C#CCCCNC(=O)C1CCN1. The molecular weight excluding hydrogens is 359 g/mol. The third kappa shape index (κ3) is 5.41. The Balaban J connectivity index is 1.50. The minimum Gasteiger partial charge on any atom is -0.372 e. The van der Waals surface area contributed by atoms with Crippen LogP contribution in [0.5, 0.6) is 0 Å². The second kappa shape index (κ2) is 9.67. The maximum absolute atomic E-state index is 13.0. The van der Waals surface area contributed by atoms with Gasteiger partial charge in [0.25, 0.3) is 0 Å². The number of carbonyl (C=O) groups is 1. The molecule has 1 fully saturated rings. The van der Waals surface area contributed by atoms with Gasteiger partial charge in [-0.2, -0.15) is 4.98 Å². The van der Waals surface area contributed by atoms with Crippen LogP contribution in [0.3, 0.4) is 0 Å². The van der Waals surface area contributed by atoms with Gasteiger partial charge in [0.05, 0.1) is 17.8 Å². The van der Waals surface area contributed by atoms with Gasteiger partial charge in [0.1, 0.15) is 11.6 Å². The van der Waals surface area contributed by atoms with Crippen LogP contribution in [0.4, 0.5) is 21.8 Å². The van der Waals surface area contributed by atoms with E-state index in [1.807, 2.05) is 0 Å². The third-order valence-corrected chi connectivity index (χ3v) is 4.27. The molecule has 28 heavy (non-hydrogen) atoms. The van der Waals surface area contributed by atoms with E-state index in [4.69, 9.17) is 0 Å². The quantitative estimate of drug-likeness (QED) is 0.433. The van der Waals surface area contributed by atoms with Gasteiger partial charge < -0.3 is 21.3 Å². The first kappa shape index (κ1) is 19.6. The predicted octanol–water partition coefficient (Wildman–Crippen LogP) is 2.01. The number of halogens is 1. The van der Waals surface area contributed by atoms with E-state index in [0.717, 1.165) is 19.4 Å². The zero-order chi connectivity index (χ0) is 19.8. The molecule has 0 radical (unpaired) electrons. The van der Waals surface area contributed by atoms with Crippen LogP contribution in [0.15, 0.2) is 30.5 Å². The molecule has 0 bridgehead atoms. The number of anilines is 3. The number of benzene rings is 1. The highest BCUT2D eigenvalue weighted by Gasteiger charge is 2.23. The van der Waals surface area contributed by atoms with E-state index in [1.165, 1.54) is 12.1 Å². The van der Waals surface area contributed by atoms with Crippen molar-refractivity contribution >= 4 is 23.4 Å². The van der Waals surface area contributed by atoms with E-state index in [2.05, 4.69) is 43.1 Å². The Morgan fingerprint density at radius 2 is 2.14 bits per heavy atom. The lowest BCUT2D eigenvalue weighted by Crippen LogP contribution is -2.53. The summed E-state index contributed by atoms with van der Waals surface area (Å²) in [7, 11) is 1.76. The molecule has 7 nitrogen and oxygen atoms in total. The molecule has 1 unspecified atom stereocenters. The maximum atomic E-state index is 13.0. The van der Waals surface area contributed by atoms with Gasteiger partial charge in [-0.3, -0.25) is 4.79 Å². The van der Waals surface area contributed by atoms with Crippen molar-refractivity contribution in [2.45, 2.75) is 25.3 Å². The number of hydrogen-bond acceptors (Lipinski definition) is 6. The van der Waals surface area contributed by atoms with Gasteiger partial charge in [0.15, 0.2) is 0 Å². The van der Waals surface area contributed by atoms with Gasteiger partial charge in [-0.1, -0.05) is 11.8 Å². The summed E-state index contributed by atoms with van der Waals surface area (Å²) in [6.07, 6.45) is 3.99. The first-order valence-corrected chi connectivity index (χ1v) is 9.23. The van der Waals surface area contributed by atoms with E-state index < -0.39 is 0 Å². The van der Waals surface area contributed by atoms with Crippen LogP contribution in [-0.4, -0.2) is 42.1 Å². The number of carbonyl (C=O) groups excluding carboxylic acids is 1. The average Bonchev–Trinajstić information content (AvgIpc) is 2.65. The Bertz CT molecular complexity index is 871. The van der Waals surface area contributed by atoms with E-state index in [9.17, 15) is 9.18 Å². The van der Waals surface area contributed by atoms with Crippen molar-refractivity contribution in [2.75, 3.05) is 30.8 Å². The zero-order valence-corrected chi connectivity index (χ0v) is 15.7. The Hall–Kier alpha value is -3.18. The van der Waals surface area contributed by atoms with Crippen molar-refractivity contribution in [1.29, 1.82) is 0 Å². The smallest absolute Gasteiger partial charge is 0.237 e. The average molecular weight is 382 g/mol. The lowest BCUT2D eigenvalue weighted by molar-refractivity contribution is -0.124. The molecular formula is C20H23FN6O. The molecule has 146 valence electrons. The molecule has 1 amide bonds. The molecule has 4 N–H and O–H groups in total. The summed E-state index contributed by atoms with van der Waals surface area (Å²) in [5, 5.41) is 12.0. The number of rotatable bonds is 7. The second-order valence-electron chi connectivity index (χ2n) is 6.33. The fraction of sp³-hybridized carbons (Fsp3) is 0.350. The molecule has 1 atom stereocenters. The van der Waals surface area contributed by atoms with Gasteiger partial charge >= 0.3 is 0 Å². The third-order valence-electron chi connectivity index (χ3n) is 4.27. The van der Waals surface area contributed by atoms with Gasteiger partial charge in [-0.05, 0) is 43.7 Å². The van der Waals surface area contributed by atoms with Crippen LogP contribution in [0.1, 0.15) is 24.8 Å². The number of nitrogens with zero attached hydrogens (tertiary/aromatic N) is 2. The van der Waals surface area contributed by atoms with Gasteiger partial charge in [-0.15, -0.1) is 0 Å². The summed E-state index contributed by atoms with van der Waals surface area (Å²) in [4.78, 5) is 20.3. The number of nitrogens with one attached hydrogen (secondary N) is 4. The second-order valence-corrected chi connectivity index (χ2v) is 6.33. The Morgan fingerprint density at radius 3 is 2.82 bits per heavy atom. The summed E-state index contributed by atoms with van der Waals surface area (Å²) in [5.41, 5.74) is 1.39. The number of hydrogen-bond donors (Lipinski definition) is 4. The molecule has 0 spiro atoms. The first-order chi connectivity index (χ1) is 13.7. The number of amides is 1. The molecule has 1 aliphatic heterocycles. The van der Waals surface area contributed by atoms with Crippen molar-refractivity contribution < 1.29 is 9.18 Å². The monoisotopic (exact) mass is 382 g/mol. The summed E-state index contributed by atoms with van der Waals surface area (Å²) >= 11 is 0. The van der Waals surface area contributed by atoms with Gasteiger partial charge in [0, 0.05) is 25.7 Å². The molecule has 1 aliphatic rings. The van der Waals surface area contributed by atoms with Crippen molar-refractivity contribution in [3.63, 3.8) is 0 Å². The number of unbranched alkanes of at least 4 members (excludes halogenated alkanes) is 1. The van der Waals surface area contributed by atoms with E-state index >= 15 is 0 Å². The lowest BCUT2D eigenvalue weighted by atomic mass is 10.1. The molecule has 0 saturated carbocycles. The highest BCUT2D eigenvalue weighted by atomic mass is 19.1. The fourth-order valence-corrected chi connectivity index (χ4v) is 2.57.